The van der Waals surface area contributed by atoms with Crippen LogP contribution in [0.15, 0.2) is 18.2 Å². The fourth-order valence-electron chi connectivity index (χ4n) is 4.24. The molecule has 3 unspecified atom stereocenters. The van der Waals surface area contributed by atoms with Gasteiger partial charge in [0.05, 0.1) is 0 Å². The van der Waals surface area contributed by atoms with Gasteiger partial charge in [-0.1, -0.05) is 18.2 Å². The molecule has 0 aliphatic carbocycles. The molecule has 1 aromatic carbocycles. The lowest BCUT2D eigenvalue weighted by atomic mass is 9.96. The molecule has 3 atom stereocenters. The monoisotopic (exact) mass is 386 g/mol. The third-order valence-corrected chi connectivity index (χ3v) is 5.91. The molecule has 1 aromatic rings. The highest BCUT2D eigenvalue weighted by Crippen LogP contribution is 2.30. The first-order valence-electron chi connectivity index (χ1n) is 9.79. The highest BCUT2D eigenvalue weighted by molar-refractivity contribution is 6.05. The number of imide groups is 1. The molecule has 8 nitrogen and oxygen atoms in total. The van der Waals surface area contributed by atoms with Gasteiger partial charge in [-0.3, -0.25) is 19.7 Å². The molecule has 3 aliphatic heterocycles. The third-order valence-electron chi connectivity index (χ3n) is 5.91. The summed E-state index contributed by atoms with van der Waals surface area (Å²) in [5, 5.41) is 9.28. The van der Waals surface area contributed by atoms with Gasteiger partial charge in [-0.05, 0) is 24.0 Å². The Kier molecular flexibility index (Phi) is 5.43. The Labute approximate surface area is 164 Å². The van der Waals surface area contributed by atoms with Crippen LogP contribution in [0.4, 0.5) is 0 Å². The minimum Gasteiger partial charge on any atom is -0.385 e. The van der Waals surface area contributed by atoms with Gasteiger partial charge < -0.3 is 20.3 Å². The third kappa shape index (κ3) is 3.55. The van der Waals surface area contributed by atoms with Gasteiger partial charge in [0.15, 0.2) is 0 Å². The van der Waals surface area contributed by atoms with Crippen LogP contribution in [0.5, 0.6) is 0 Å². The number of carbonyl (C=O) groups excluding carboxylic acids is 3. The number of carbonyl (C=O) groups is 3. The number of nitrogens with zero attached hydrogens (tertiary/aromatic N) is 1. The van der Waals surface area contributed by atoms with E-state index in [4.69, 9.17) is 4.74 Å². The van der Waals surface area contributed by atoms with Crippen LogP contribution < -0.4 is 16.0 Å². The molecule has 150 valence electrons. The van der Waals surface area contributed by atoms with Crippen molar-refractivity contribution in [3.05, 3.63) is 34.9 Å². The first-order chi connectivity index (χ1) is 13.6. The van der Waals surface area contributed by atoms with Crippen LogP contribution in [-0.2, 0) is 27.4 Å². The smallest absolute Gasteiger partial charge is 0.255 e. The van der Waals surface area contributed by atoms with Gasteiger partial charge in [-0.2, -0.15) is 0 Å². The number of methoxy groups -OCH3 is 1. The molecule has 0 radical (unpaired) electrons. The Bertz CT molecular complexity index is 796. The fourth-order valence-corrected chi connectivity index (χ4v) is 4.24. The minimum absolute atomic E-state index is 0.121. The zero-order valence-electron chi connectivity index (χ0n) is 16.0. The molecule has 0 spiro atoms. The standard InChI is InChI=1S/C20H26N4O4/c1-28-8-7-14-15(10-22-14)21-9-12-3-2-4-13-11-24(20(27)18(12)13)16-5-6-17(25)23-19(16)26/h2-4,14-16,21-22H,5-11H2,1H3,(H,23,25,26). The average Bonchev–Trinajstić information content (AvgIpc) is 2.99. The lowest BCUT2D eigenvalue weighted by Crippen LogP contribution is -2.63. The maximum atomic E-state index is 13.1. The van der Waals surface area contributed by atoms with Gasteiger partial charge in [0, 0.05) is 57.4 Å². The number of rotatable bonds is 7. The summed E-state index contributed by atoms with van der Waals surface area (Å²) in [4.78, 5) is 38.3. The van der Waals surface area contributed by atoms with Crippen LogP contribution >= 0.6 is 0 Å². The molecule has 4 rings (SSSR count). The minimum atomic E-state index is -0.576. The summed E-state index contributed by atoms with van der Waals surface area (Å²) in [6, 6.07) is 6.02. The van der Waals surface area contributed by atoms with E-state index in [2.05, 4.69) is 16.0 Å². The van der Waals surface area contributed by atoms with Gasteiger partial charge in [-0.15, -0.1) is 0 Å². The topological polar surface area (TPSA) is 99.8 Å². The van der Waals surface area contributed by atoms with Gasteiger partial charge in [0.25, 0.3) is 5.91 Å². The van der Waals surface area contributed by atoms with E-state index < -0.39 is 6.04 Å². The normalized spacial score (nSPS) is 26.8. The van der Waals surface area contributed by atoms with Crippen molar-refractivity contribution in [3.63, 3.8) is 0 Å². The Morgan fingerprint density at radius 2 is 2.14 bits per heavy atom. The Morgan fingerprint density at radius 3 is 2.86 bits per heavy atom. The lowest BCUT2D eigenvalue weighted by molar-refractivity contribution is -0.136. The van der Waals surface area contributed by atoms with Crippen LogP contribution in [0, 0.1) is 0 Å². The van der Waals surface area contributed by atoms with E-state index in [9.17, 15) is 14.4 Å². The summed E-state index contributed by atoms with van der Waals surface area (Å²) < 4.78 is 5.15. The number of hydrogen-bond acceptors (Lipinski definition) is 6. The van der Waals surface area contributed by atoms with Gasteiger partial charge in [0.2, 0.25) is 11.8 Å². The van der Waals surface area contributed by atoms with E-state index in [0.717, 1.165) is 30.7 Å². The Balaban J connectivity index is 1.43. The highest BCUT2D eigenvalue weighted by atomic mass is 16.5. The van der Waals surface area contributed by atoms with E-state index in [1.165, 1.54) is 0 Å². The number of benzene rings is 1. The van der Waals surface area contributed by atoms with Crippen LogP contribution in [0.1, 0.15) is 40.7 Å². The SMILES string of the molecule is COCCC1NCC1NCc1cccc2c1C(=O)N(C1CCC(=O)NC1=O)C2. The van der Waals surface area contributed by atoms with Crippen molar-refractivity contribution < 1.29 is 19.1 Å². The average molecular weight is 386 g/mol. The predicted octanol–water partition coefficient (Wildman–Crippen LogP) is -0.0859. The van der Waals surface area contributed by atoms with Crippen LogP contribution in [0.3, 0.4) is 0 Å². The second kappa shape index (κ2) is 7.98. The van der Waals surface area contributed by atoms with Crippen molar-refractivity contribution in [1.82, 2.24) is 20.9 Å². The second-order valence-electron chi connectivity index (χ2n) is 7.63. The van der Waals surface area contributed by atoms with Crippen molar-refractivity contribution in [2.45, 2.75) is 50.5 Å². The van der Waals surface area contributed by atoms with Crippen LogP contribution in [0.2, 0.25) is 0 Å². The van der Waals surface area contributed by atoms with Crippen LogP contribution in [0.25, 0.3) is 0 Å². The molecule has 3 aliphatic rings. The molecule has 3 amide bonds. The van der Waals surface area contributed by atoms with Gasteiger partial charge in [0.1, 0.15) is 6.04 Å². The Hall–Kier alpha value is -2.29. The molecule has 3 N–H and O–H groups in total. The second-order valence-corrected chi connectivity index (χ2v) is 7.63. The molecule has 0 bridgehead atoms. The summed E-state index contributed by atoms with van der Waals surface area (Å²) in [5.74, 6) is -0.768. The molecule has 3 heterocycles. The molecule has 8 heteroatoms. The van der Waals surface area contributed by atoms with Crippen molar-refractivity contribution in [3.8, 4) is 0 Å². The van der Waals surface area contributed by atoms with Gasteiger partial charge in [-0.25, -0.2) is 0 Å². The zero-order valence-corrected chi connectivity index (χ0v) is 16.0. The van der Waals surface area contributed by atoms with E-state index >= 15 is 0 Å². The largest absolute Gasteiger partial charge is 0.385 e. The number of hydrogen-bond donors (Lipinski definition) is 3. The maximum Gasteiger partial charge on any atom is 0.255 e. The number of ether oxygens (including phenoxy) is 1. The predicted molar refractivity (Wildman–Crippen MR) is 101 cm³/mol. The number of amides is 3. The van der Waals surface area contributed by atoms with Crippen molar-refractivity contribution in [1.29, 1.82) is 0 Å². The molecule has 2 fully saturated rings. The van der Waals surface area contributed by atoms with Crippen molar-refractivity contribution >= 4 is 17.7 Å². The highest BCUT2D eigenvalue weighted by Gasteiger charge is 2.40. The van der Waals surface area contributed by atoms with Gasteiger partial charge >= 0.3 is 0 Å². The first kappa shape index (κ1) is 19.0. The van der Waals surface area contributed by atoms with E-state index in [-0.39, 0.29) is 24.1 Å². The molecule has 0 aromatic heterocycles. The quantitative estimate of drug-likeness (QED) is 0.567. The summed E-state index contributed by atoms with van der Waals surface area (Å²) in [6.45, 7) is 2.64. The number of fused-ring (bicyclic) bond motifs is 1. The van der Waals surface area contributed by atoms with E-state index in [1.54, 1.807) is 12.0 Å². The Morgan fingerprint density at radius 1 is 1.29 bits per heavy atom. The summed E-state index contributed by atoms with van der Waals surface area (Å²) >= 11 is 0. The molecule has 28 heavy (non-hydrogen) atoms. The lowest BCUT2D eigenvalue weighted by Gasteiger charge is -2.39. The fraction of sp³-hybridized carbons (Fsp3) is 0.550. The van der Waals surface area contributed by atoms with Crippen molar-refractivity contribution in [2.75, 3.05) is 20.3 Å². The molecule has 0 saturated carbocycles. The van der Waals surface area contributed by atoms with Crippen LogP contribution in [-0.4, -0.2) is 61.0 Å². The van der Waals surface area contributed by atoms with E-state index in [1.807, 2.05) is 18.2 Å². The number of nitrogens with one attached hydrogen (secondary N) is 3. The van der Waals surface area contributed by atoms with Crippen molar-refractivity contribution in [2.24, 2.45) is 0 Å². The zero-order chi connectivity index (χ0) is 19.7. The number of piperidine rings is 1. The van der Waals surface area contributed by atoms with E-state index in [0.29, 0.717) is 37.2 Å². The first-order valence-corrected chi connectivity index (χ1v) is 9.79. The summed E-state index contributed by atoms with van der Waals surface area (Å²) in [7, 11) is 1.70. The summed E-state index contributed by atoms with van der Waals surface area (Å²) in [6.07, 6.45) is 1.60. The molecular weight excluding hydrogens is 360 g/mol. The maximum absolute atomic E-state index is 13.1. The summed E-state index contributed by atoms with van der Waals surface area (Å²) in [5.41, 5.74) is 2.59. The molecular formula is C20H26N4O4. The molecule has 2 saturated heterocycles.